The number of aldehydes is 1. The fourth-order valence-corrected chi connectivity index (χ4v) is 16.1. The monoisotopic (exact) mass is 2240 g/mol. The van der Waals surface area contributed by atoms with Gasteiger partial charge in [-0.3, -0.25) is 31.1 Å². The molecule has 0 amide bonds. The van der Waals surface area contributed by atoms with Crippen LogP contribution >= 0.6 is 106 Å². The SMILES string of the molecule is Ic1ccccc1I.N#Cc1ccccc1-n1c(Br)nc2ccccc21.N#Cc1ccccc1-n1cnc2ccccc21.N#Cc1ccccc1F.Nc1nc2nc3ccccc3n2c2ccccc12.O=CCCl.[B]=NS.[Cu][I].[H-].[Na+].c1ccc2[nH]cnc2c1.c1ccc2c(c1)nc1n2c2ccccc2c2nc3ccccc3n21.c1ccc2c(c1)nc1n3ccnc3c3ccccc3n21. The minimum absolute atomic E-state index is 0. The predicted molar refractivity (Wildman–Crippen MR) is 555 cm³/mol. The topological polar surface area (TPSA) is 291 Å². The van der Waals surface area contributed by atoms with Crippen molar-refractivity contribution in [2.75, 3.05) is 11.6 Å². The number of carbonyl (C=O) groups excluding carboxylic acids is 1. The summed E-state index contributed by atoms with van der Waals surface area (Å²) in [6.07, 6.45) is 7.87. The number of nitrogens with one attached hydrogen (secondary N) is 1. The molecule has 1 radical (unpaired) electrons. The molecule has 133 heavy (non-hydrogen) atoms. The maximum Gasteiger partial charge on any atom is 1.00 e. The number of nitrogens with two attached hydrogens (primary N) is 1. The van der Waals surface area contributed by atoms with E-state index < -0.39 is 5.82 Å². The third kappa shape index (κ3) is 21.2. The molecule has 0 unspecified atom stereocenters. The van der Waals surface area contributed by atoms with E-state index in [9.17, 15) is 9.65 Å². The van der Waals surface area contributed by atoms with Crippen molar-refractivity contribution >= 4 is 264 Å². The van der Waals surface area contributed by atoms with E-state index in [1.807, 2.05) is 249 Å². The molecule has 23 nitrogen and oxygen atoms in total. The Kier molecular flexibility index (Phi) is 33.4. The zero-order chi connectivity index (χ0) is 92.0. The molecule has 0 atom stereocenters. The summed E-state index contributed by atoms with van der Waals surface area (Å²) in [5.74, 6) is 2.62. The Morgan fingerprint density at radius 1 is 0.459 bits per heavy atom. The van der Waals surface area contributed by atoms with Crippen molar-refractivity contribution in [2.24, 2.45) is 4.30 Å². The van der Waals surface area contributed by atoms with Crippen molar-refractivity contribution in [1.29, 1.82) is 15.8 Å². The Morgan fingerprint density at radius 3 is 1.40 bits per heavy atom. The molecule has 0 aliphatic heterocycles. The second kappa shape index (κ2) is 46.3. The van der Waals surface area contributed by atoms with Crippen molar-refractivity contribution in [3.05, 3.63) is 399 Å². The second-order valence-corrected chi connectivity index (χ2v) is 31.6. The number of nitrogens with zero attached hydrogens (tertiary/aromatic N) is 20. The van der Waals surface area contributed by atoms with Crippen LogP contribution in [0.4, 0.5) is 10.2 Å². The van der Waals surface area contributed by atoms with Gasteiger partial charge in [-0.25, -0.2) is 44.3 Å². The molecule has 0 spiro atoms. The van der Waals surface area contributed by atoms with Crippen LogP contribution in [0.2, 0.25) is 0 Å². The Morgan fingerprint density at radius 2 is 0.857 bits per heavy atom. The zero-order valence-electron chi connectivity index (χ0n) is 70.9. The number of aromatic amines is 1. The summed E-state index contributed by atoms with van der Waals surface area (Å²) < 4.78 is 33.0. The molecule has 0 saturated heterocycles. The molecule has 11 heterocycles. The Bertz CT molecular complexity index is 8560. The van der Waals surface area contributed by atoms with Crippen LogP contribution < -0.4 is 35.3 Å². The van der Waals surface area contributed by atoms with Crippen molar-refractivity contribution < 1.29 is 52.9 Å². The molecule has 25 rings (SSSR count). The third-order valence-electron chi connectivity index (χ3n) is 20.4. The van der Waals surface area contributed by atoms with Crippen LogP contribution in [0.1, 0.15) is 18.1 Å². The molecule has 0 saturated carbocycles. The number of para-hydroxylation sites is 19. The summed E-state index contributed by atoms with van der Waals surface area (Å²) in [6.45, 7) is 0. The van der Waals surface area contributed by atoms with Crippen molar-refractivity contribution in [1.82, 2.24) is 81.0 Å². The van der Waals surface area contributed by atoms with Gasteiger partial charge in [0.05, 0.1) is 134 Å². The van der Waals surface area contributed by atoms with Crippen LogP contribution in [0.5, 0.6) is 0 Å². The minimum Gasteiger partial charge on any atom is -1.00 e. The van der Waals surface area contributed by atoms with Crippen LogP contribution in [-0.2, 0) is 17.6 Å². The van der Waals surface area contributed by atoms with Crippen LogP contribution in [0.15, 0.2) is 374 Å². The van der Waals surface area contributed by atoms with Crippen LogP contribution in [0.3, 0.4) is 0 Å². The number of thiol groups is 1. The summed E-state index contributed by atoms with van der Waals surface area (Å²) in [6, 6.07) is 116. The number of H-pyrrole nitrogens is 1. The number of aromatic nitrogens is 17. The number of fused-ring (bicyclic) bond motifs is 26. The number of carbonyl (C=O) groups is 1. The average molecular weight is 2240 g/mol. The molecule has 33 heteroatoms. The van der Waals surface area contributed by atoms with Crippen molar-refractivity contribution in [3.8, 4) is 29.6 Å². The number of nitrogen functional groups attached to an aromatic ring is 1. The first-order chi connectivity index (χ1) is 64.8. The molecular formula is C100H68BBrClCuFI3N22NaOS. The number of nitriles is 3. The van der Waals surface area contributed by atoms with E-state index in [1.165, 1.54) is 19.3 Å². The summed E-state index contributed by atoms with van der Waals surface area (Å²) in [5, 5.41) is 29.7. The van der Waals surface area contributed by atoms with E-state index in [1.54, 1.807) is 57.3 Å². The predicted octanol–water partition coefficient (Wildman–Crippen LogP) is 21.7. The molecule has 0 fully saturated rings. The van der Waals surface area contributed by atoms with Gasteiger partial charge in [-0.2, -0.15) is 20.8 Å². The number of hydrogen-bond donors (Lipinski definition) is 3. The first-order valence-corrected chi connectivity index (χ1v) is 47.0. The Labute approximate surface area is 849 Å². The molecule has 0 aliphatic rings. The molecule has 0 bridgehead atoms. The molecule has 14 aromatic carbocycles. The van der Waals surface area contributed by atoms with E-state index in [0.29, 0.717) is 33.7 Å². The first-order valence-electron chi connectivity index (χ1n) is 40.0. The number of anilines is 1. The van der Waals surface area contributed by atoms with Gasteiger partial charge in [-0.15, -0.1) is 11.6 Å². The summed E-state index contributed by atoms with van der Waals surface area (Å²) in [7, 11) is 4.34. The number of benzene rings is 14. The Balaban J connectivity index is 0.000000131. The zero-order valence-corrected chi connectivity index (χ0v) is 82.6. The van der Waals surface area contributed by atoms with Crippen molar-refractivity contribution in [2.45, 2.75) is 0 Å². The van der Waals surface area contributed by atoms with Crippen LogP contribution in [0.25, 0.3) is 150 Å². The van der Waals surface area contributed by atoms with Gasteiger partial charge < -0.3 is 16.9 Å². The molecule has 25 aromatic rings. The summed E-state index contributed by atoms with van der Waals surface area (Å²) in [4.78, 5) is 52.7. The Hall–Kier alpha value is -13.2. The van der Waals surface area contributed by atoms with Gasteiger partial charge in [0, 0.05) is 35.7 Å². The fraction of sp³-hybridized carbons (Fsp3) is 0.0100. The second-order valence-electron chi connectivity index (χ2n) is 28.1. The largest absolute Gasteiger partial charge is 1.00 e. The average Bonchev–Trinajstić information content (AvgIpc) is 1.56. The normalized spacial score (nSPS) is 10.4. The molecule has 11 aromatic heterocycles. The minimum atomic E-state index is -0.458. The molecule has 0 aliphatic carbocycles. The van der Waals surface area contributed by atoms with Gasteiger partial charge in [-0.1, -0.05) is 170 Å². The van der Waals surface area contributed by atoms with Gasteiger partial charge >= 0.3 is 87.4 Å². The van der Waals surface area contributed by atoms with Gasteiger partial charge in [0.15, 0.2) is 4.73 Å². The van der Waals surface area contributed by atoms with E-state index in [2.05, 4.69) is 250 Å². The van der Waals surface area contributed by atoms with E-state index in [-0.39, 0.29) is 42.4 Å². The number of imidazole rings is 8. The van der Waals surface area contributed by atoms with E-state index >= 15 is 0 Å². The number of rotatable bonds is 3. The van der Waals surface area contributed by atoms with E-state index in [4.69, 9.17) is 47.6 Å². The third-order valence-corrected chi connectivity index (χ3v) is 24.0. The van der Waals surface area contributed by atoms with Crippen LogP contribution in [-0.4, -0.2) is 101 Å². The number of alkyl halides is 1. The standard InChI is InChI=1S/C20H12N4.C16H10N4.C14H8BrN3.C14H10N4.C14H9N3.C7H4FN.C7H6N2.C6H4I2.C2H3ClO.BHNS.Cu.HI.Na.H/c1-4-10-16-13(7-1)19-21-14-8-2-6-12-18(14)24(19)20-22-15-9-3-5-11-17(15)23(16)20;1-3-7-13-11(5-1)15-17-9-10-19(15)16-18-12-6-2-4-8-14(12)20(13)16;15-14-17-11-6-2-4-8-13(11)18(14)12-7-3-1-5-10(12)9-16;15-13-9-5-1-3-7-11(9)18-12-8-4-2-6-10(12)16-14(18)17-13;15-9-11-5-1-3-7-13(11)17-10-16-12-6-2-4-8-14(12)17;8-7-4-2-1-3-6(7)5-9;1-2-4-7-6(3-1)8-5-9-7;7-5-3-1-2-4-6(5)8;3-1-2-4;1-2-3;;;;/h1-12H;1-10H;1-8H;1-8H,(H2,15,16,17);1-8,10H;1-4H;1-5H,(H,8,9);1-4H;2H,1H2;3H;;1H;;/q;;;;;;;;;;+1;;+1;-1/p-1. The summed E-state index contributed by atoms with van der Waals surface area (Å²) >= 11 is 22.0. The summed E-state index contributed by atoms with van der Waals surface area (Å²) in [5.41, 5.74) is 28.5. The first kappa shape index (κ1) is 95.9. The van der Waals surface area contributed by atoms with Gasteiger partial charge in [0.1, 0.15) is 53.8 Å². The molecule has 3 N–H and O–H groups in total. The maximum absolute atomic E-state index is 12.4. The maximum atomic E-state index is 12.4. The van der Waals surface area contributed by atoms with Crippen molar-refractivity contribution in [3.63, 3.8) is 0 Å². The number of halogens is 6. The molecule has 647 valence electrons. The van der Waals surface area contributed by atoms with Gasteiger partial charge in [-0.05, 0) is 231 Å². The quantitative estimate of drug-likeness (QED) is 0.0487. The molecular weight excluding hydrogens is 2170 g/mol. The van der Waals surface area contributed by atoms with Crippen LogP contribution in [0, 0.1) is 47.0 Å². The number of hydrogen-bond acceptors (Lipinski definition) is 16. The van der Waals surface area contributed by atoms with Gasteiger partial charge in [0.2, 0.25) is 17.3 Å². The van der Waals surface area contributed by atoms with E-state index in [0.717, 1.165) is 144 Å². The smallest absolute Gasteiger partial charge is 1.00 e. The van der Waals surface area contributed by atoms with Gasteiger partial charge in [0.25, 0.3) is 0 Å². The fourth-order valence-electron chi connectivity index (χ4n) is 14.8.